The van der Waals surface area contributed by atoms with Crippen LogP contribution in [0.5, 0.6) is 0 Å². The fourth-order valence-corrected chi connectivity index (χ4v) is 2.60. The van der Waals surface area contributed by atoms with Crippen molar-refractivity contribution in [2.75, 3.05) is 36.9 Å². The summed E-state index contributed by atoms with van der Waals surface area (Å²) >= 11 is 0. The molecule has 8 heteroatoms. The Kier molecular flexibility index (Phi) is 3.43. The predicted octanol–water partition coefficient (Wildman–Crippen LogP) is 0.901. The van der Waals surface area contributed by atoms with Gasteiger partial charge in [0.05, 0.1) is 30.1 Å². The molecule has 0 radical (unpaired) electrons. The highest BCUT2D eigenvalue weighted by Crippen LogP contribution is 2.26. The van der Waals surface area contributed by atoms with Gasteiger partial charge in [-0.2, -0.15) is 4.98 Å². The van der Waals surface area contributed by atoms with E-state index in [1.165, 1.54) is 6.33 Å². The van der Waals surface area contributed by atoms with E-state index in [2.05, 4.69) is 24.8 Å². The fourth-order valence-electron chi connectivity index (χ4n) is 2.60. The maximum atomic E-state index is 5.85. The number of aromatic nitrogens is 5. The molecule has 1 fully saturated rings. The van der Waals surface area contributed by atoms with Crippen LogP contribution in [0.4, 0.5) is 11.8 Å². The molecule has 23 heavy (non-hydrogen) atoms. The average Bonchev–Trinajstić information content (AvgIpc) is 2.62. The molecule has 0 atom stereocenters. The van der Waals surface area contributed by atoms with Crippen LogP contribution in [0.2, 0.25) is 0 Å². The summed E-state index contributed by atoms with van der Waals surface area (Å²) in [5.41, 5.74) is 8.80. The van der Waals surface area contributed by atoms with Gasteiger partial charge in [-0.05, 0) is 18.2 Å². The highest BCUT2D eigenvalue weighted by Gasteiger charge is 2.18. The zero-order chi connectivity index (χ0) is 15.6. The first-order valence-corrected chi connectivity index (χ1v) is 7.34. The molecule has 0 spiro atoms. The van der Waals surface area contributed by atoms with E-state index in [1.807, 2.05) is 18.2 Å². The smallest absolute Gasteiger partial charge is 0.222 e. The molecule has 4 heterocycles. The number of morpholine rings is 1. The Bertz CT molecular complexity index is 834. The maximum absolute atomic E-state index is 5.85. The van der Waals surface area contributed by atoms with Gasteiger partial charge in [0.1, 0.15) is 11.8 Å². The van der Waals surface area contributed by atoms with Crippen molar-refractivity contribution in [1.82, 2.24) is 24.9 Å². The summed E-state index contributed by atoms with van der Waals surface area (Å²) in [6.45, 7) is 2.84. The minimum atomic E-state index is 0.246. The van der Waals surface area contributed by atoms with Gasteiger partial charge >= 0.3 is 0 Å². The monoisotopic (exact) mass is 309 g/mol. The highest BCUT2D eigenvalue weighted by atomic mass is 16.5. The second-order valence-corrected chi connectivity index (χ2v) is 5.16. The minimum absolute atomic E-state index is 0.246. The third-order valence-corrected chi connectivity index (χ3v) is 3.70. The lowest BCUT2D eigenvalue weighted by Gasteiger charge is -2.28. The summed E-state index contributed by atoms with van der Waals surface area (Å²) in [6, 6.07) is 5.59. The molecule has 0 amide bonds. The second kappa shape index (κ2) is 5.73. The van der Waals surface area contributed by atoms with Gasteiger partial charge in [-0.25, -0.2) is 19.9 Å². The third-order valence-electron chi connectivity index (χ3n) is 3.70. The lowest BCUT2D eigenvalue weighted by molar-refractivity contribution is 0.122. The van der Waals surface area contributed by atoms with Crippen LogP contribution in [-0.4, -0.2) is 51.2 Å². The molecule has 1 aliphatic rings. The normalized spacial score (nSPS) is 15.0. The summed E-state index contributed by atoms with van der Waals surface area (Å²) in [7, 11) is 0. The minimum Gasteiger partial charge on any atom is -0.378 e. The number of hydrogen-bond acceptors (Lipinski definition) is 8. The molecular weight excluding hydrogens is 294 g/mol. The number of pyridine rings is 1. The van der Waals surface area contributed by atoms with E-state index in [9.17, 15) is 0 Å². The number of rotatable bonds is 2. The number of nitrogens with two attached hydrogens (primary N) is 1. The number of nitrogen functional groups attached to an aromatic ring is 1. The molecule has 8 nitrogen and oxygen atoms in total. The van der Waals surface area contributed by atoms with Gasteiger partial charge in [0.2, 0.25) is 5.95 Å². The van der Waals surface area contributed by atoms with E-state index < -0.39 is 0 Å². The number of ether oxygens (including phenoxy) is 1. The Morgan fingerprint density at radius 1 is 1.00 bits per heavy atom. The summed E-state index contributed by atoms with van der Waals surface area (Å²) in [5.74, 6) is 0.988. The predicted molar refractivity (Wildman–Crippen MR) is 85.8 cm³/mol. The lowest BCUT2D eigenvalue weighted by Crippen LogP contribution is -2.37. The van der Waals surface area contributed by atoms with Crippen molar-refractivity contribution < 1.29 is 4.74 Å². The standard InChI is InChI=1S/C15H15N7O/c16-15-20-12-2-1-11(10-3-4-17-9-18-10)19-13(12)14(21-15)22-5-7-23-8-6-22/h1-4,9H,5-8H2,(H2,16,20,21). The van der Waals surface area contributed by atoms with Crippen LogP contribution in [0.1, 0.15) is 0 Å². The number of hydrogen-bond donors (Lipinski definition) is 1. The van der Waals surface area contributed by atoms with Crippen LogP contribution < -0.4 is 10.6 Å². The van der Waals surface area contributed by atoms with Crippen molar-refractivity contribution in [2.45, 2.75) is 0 Å². The van der Waals surface area contributed by atoms with Crippen molar-refractivity contribution in [3.05, 3.63) is 30.7 Å². The van der Waals surface area contributed by atoms with Gasteiger partial charge in [-0.15, -0.1) is 0 Å². The maximum Gasteiger partial charge on any atom is 0.222 e. The van der Waals surface area contributed by atoms with Crippen LogP contribution >= 0.6 is 0 Å². The van der Waals surface area contributed by atoms with Crippen molar-refractivity contribution in [3.8, 4) is 11.4 Å². The largest absolute Gasteiger partial charge is 0.378 e. The molecular formula is C15H15N7O. The van der Waals surface area contributed by atoms with Gasteiger partial charge in [0.15, 0.2) is 5.82 Å². The van der Waals surface area contributed by atoms with Crippen LogP contribution in [0, 0.1) is 0 Å². The van der Waals surface area contributed by atoms with E-state index >= 15 is 0 Å². The second-order valence-electron chi connectivity index (χ2n) is 5.16. The molecule has 0 saturated carbocycles. The van der Waals surface area contributed by atoms with Crippen LogP contribution in [0.3, 0.4) is 0 Å². The first-order chi connectivity index (χ1) is 11.3. The summed E-state index contributed by atoms with van der Waals surface area (Å²) in [4.78, 5) is 23.7. The quantitative estimate of drug-likeness (QED) is 0.745. The molecule has 1 saturated heterocycles. The van der Waals surface area contributed by atoms with Gasteiger partial charge < -0.3 is 15.4 Å². The van der Waals surface area contributed by atoms with Crippen LogP contribution in [0.25, 0.3) is 22.4 Å². The first kappa shape index (κ1) is 13.8. The zero-order valence-electron chi connectivity index (χ0n) is 12.4. The molecule has 2 N–H and O–H groups in total. The Morgan fingerprint density at radius 2 is 1.87 bits per heavy atom. The Morgan fingerprint density at radius 3 is 2.65 bits per heavy atom. The van der Waals surface area contributed by atoms with E-state index in [0.717, 1.165) is 41.3 Å². The number of nitrogens with zero attached hydrogens (tertiary/aromatic N) is 6. The molecule has 0 aromatic carbocycles. The third kappa shape index (κ3) is 2.64. The van der Waals surface area contributed by atoms with Gasteiger partial charge in [-0.3, -0.25) is 0 Å². The Hall–Kier alpha value is -2.87. The van der Waals surface area contributed by atoms with E-state index in [1.54, 1.807) is 6.20 Å². The molecule has 3 aromatic rings. The van der Waals surface area contributed by atoms with Gasteiger partial charge in [0.25, 0.3) is 0 Å². The van der Waals surface area contributed by atoms with Crippen molar-refractivity contribution >= 4 is 22.8 Å². The SMILES string of the molecule is Nc1nc(N2CCOCC2)c2nc(-c3ccncn3)ccc2n1. The first-order valence-electron chi connectivity index (χ1n) is 7.34. The van der Waals surface area contributed by atoms with Gasteiger partial charge in [0, 0.05) is 19.3 Å². The molecule has 116 valence electrons. The Balaban J connectivity index is 1.87. The van der Waals surface area contributed by atoms with Crippen molar-refractivity contribution in [1.29, 1.82) is 0 Å². The van der Waals surface area contributed by atoms with Crippen LogP contribution in [-0.2, 0) is 4.74 Å². The zero-order valence-corrected chi connectivity index (χ0v) is 12.4. The Labute approximate surface area is 132 Å². The lowest BCUT2D eigenvalue weighted by atomic mass is 10.2. The van der Waals surface area contributed by atoms with Crippen molar-refractivity contribution in [3.63, 3.8) is 0 Å². The number of anilines is 2. The topological polar surface area (TPSA) is 103 Å². The highest BCUT2D eigenvalue weighted by molar-refractivity contribution is 5.88. The summed E-state index contributed by atoms with van der Waals surface area (Å²) in [5, 5.41) is 0. The molecule has 1 aliphatic heterocycles. The fraction of sp³-hybridized carbons (Fsp3) is 0.267. The van der Waals surface area contributed by atoms with E-state index in [4.69, 9.17) is 15.5 Å². The van der Waals surface area contributed by atoms with E-state index in [-0.39, 0.29) is 5.95 Å². The average molecular weight is 309 g/mol. The van der Waals surface area contributed by atoms with Crippen LogP contribution in [0.15, 0.2) is 30.7 Å². The van der Waals surface area contributed by atoms with E-state index in [0.29, 0.717) is 13.2 Å². The molecule has 3 aromatic heterocycles. The van der Waals surface area contributed by atoms with Gasteiger partial charge in [-0.1, -0.05) is 0 Å². The molecule has 4 rings (SSSR count). The molecule has 0 aliphatic carbocycles. The molecule has 0 unspecified atom stereocenters. The van der Waals surface area contributed by atoms with Crippen molar-refractivity contribution in [2.24, 2.45) is 0 Å². The molecule has 0 bridgehead atoms. The number of fused-ring (bicyclic) bond motifs is 1. The summed E-state index contributed by atoms with van der Waals surface area (Å²) in [6.07, 6.45) is 3.19. The summed E-state index contributed by atoms with van der Waals surface area (Å²) < 4.78 is 5.40.